The summed E-state index contributed by atoms with van der Waals surface area (Å²) in [6.45, 7) is 0. The van der Waals surface area contributed by atoms with E-state index in [0.29, 0.717) is 23.7 Å². The molecule has 0 N–H and O–H groups in total. The van der Waals surface area contributed by atoms with E-state index in [1.54, 1.807) is 25.6 Å². The molecule has 18 heavy (non-hydrogen) atoms. The summed E-state index contributed by atoms with van der Waals surface area (Å²) in [5.41, 5.74) is 0.679. The number of carbonyl (C=O) groups is 1. The van der Waals surface area contributed by atoms with Crippen LogP contribution in [0.3, 0.4) is 0 Å². The molecular weight excluding hydrogens is 226 g/mol. The first-order valence-electron chi connectivity index (χ1n) is 6.82. The minimum atomic E-state index is 0.202. The van der Waals surface area contributed by atoms with Gasteiger partial charge in [-0.15, -0.1) is 0 Å². The molecular formula is C15H21NO2. The zero-order chi connectivity index (χ0) is 12.8. The lowest BCUT2D eigenvalue weighted by molar-refractivity contribution is 0.0956. The molecule has 0 unspecified atom stereocenters. The van der Waals surface area contributed by atoms with Gasteiger partial charge >= 0.3 is 0 Å². The number of nitrogens with zero attached hydrogens (tertiary/aromatic N) is 1. The van der Waals surface area contributed by atoms with Crippen LogP contribution in [0.25, 0.3) is 0 Å². The molecule has 3 heteroatoms. The van der Waals surface area contributed by atoms with Crippen molar-refractivity contribution in [2.24, 2.45) is 5.92 Å². The van der Waals surface area contributed by atoms with Crippen LogP contribution in [-0.4, -0.2) is 17.9 Å². The summed E-state index contributed by atoms with van der Waals surface area (Å²) in [6, 6.07) is 1.78. The summed E-state index contributed by atoms with van der Waals surface area (Å²) in [6.07, 6.45) is 11.5. The molecule has 0 aromatic carbocycles. The number of methoxy groups -OCH3 is 1. The summed E-state index contributed by atoms with van der Waals surface area (Å²) in [5, 5.41) is 0. The summed E-state index contributed by atoms with van der Waals surface area (Å²) >= 11 is 0. The molecule has 0 amide bonds. The number of rotatable bonds is 4. The van der Waals surface area contributed by atoms with Gasteiger partial charge in [0, 0.05) is 18.2 Å². The maximum atomic E-state index is 12.2. The Morgan fingerprint density at radius 2 is 2.00 bits per heavy atom. The molecule has 0 spiro atoms. The second-order valence-electron chi connectivity index (χ2n) is 5.10. The van der Waals surface area contributed by atoms with Gasteiger partial charge in [0.15, 0.2) is 5.78 Å². The van der Waals surface area contributed by atoms with E-state index in [9.17, 15) is 4.79 Å². The van der Waals surface area contributed by atoms with Crippen LogP contribution < -0.4 is 4.74 Å². The number of carbonyl (C=O) groups excluding carboxylic acids is 1. The number of ether oxygens (including phenoxy) is 1. The van der Waals surface area contributed by atoms with Crippen molar-refractivity contribution in [2.45, 2.75) is 44.9 Å². The lowest BCUT2D eigenvalue weighted by Gasteiger charge is -2.12. The molecule has 0 radical (unpaired) electrons. The van der Waals surface area contributed by atoms with Gasteiger partial charge in [-0.1, -0.05) is 38.5 Å². The molecule has 1 aliphatic carbocycles. The van der Waals surface area contributed by atoms with Crippen molar-refractivity contribution >= 4 is 5.78 Å². The standard InChI is InChI=1S/C15H21NO2/c1-18-14-9-13(10-16-11-14)15(17)8-12-6-4-2-3-5-7-12/h9-12H,2-8H2,1H3. The lowest BCUT2D eigenvalue weighted by atomic mass is 9.92. The summed E-state index contributed by atoms with van der Waals surface area (Å²) in [7, 11) is 1.59. The van der Waals surface area contributed by atoms with Gasteiger partial charge in [0.1, 0.15) is 5.75 Å². The zero-order valence-electron chi connectivity index (χ0n) is 11.0. The van der Waals surface area contributed by atoms with Crippen LogP contribution in [-0.2, 0) is 0 Å². The van der Waals surface area contributed by atoms with Crippen molar-refractivity contribution in [3.8, 4) is 5.75 Å². The quantitative estimate of drug-likeness (QED) is 0.602. The maximum Gasteiger partial charge on any atom is 0.164 e. The van der Waals surface area contributed by atoms with Crippen LogP contribution in [0.4, 0.5) is 0 Å². The van der Waals surface area contributed by atoms with Crippen LogP contribution in [0.5, 0.6) is 5.75 Å². The molecule has 3 nitrogen and oxygen atoms in total. The third kappa shape index (κ3) is 3.56. The largest absolute Gasteiger partial charge is 0.495 e. The van der Waals surface area contributed by atoms with Gasteiger partial charge < -0.3 is 4.74 Å². The van der Waals surface area contributed by atoms with E-state index in [4.69, 9.17) is 4.74 Å². The first kappa shape index (κ1) is 13.1. The molecule has 0 atom stereocenters. The average Bonchev–Trinajstić information content (AvgIpc) is 2.67. The van der Waals surface area contributed by atoms with Gasteiger partial charge in [-0.05, 0) is 12.0 Å². The van der Waals surface area contributed by atoms with E-state index in [2.05, 4.69) is 4.98 Å². The van der Waals surface area contributed by atoms with Gasteiger partial charge in [0.2, 0.25) is 0 Å². The Morgan fingerprint density at radius 1 is 1.28 bits per heavy atom. The number of hydrogen-bond acceptors (Lipinski definition) is 3. The number of pyridine rings is 1. The van der Waals surface area contributed by atoms with Crippen molar-refractivity contribution in [3.05, 3.63) is 24.0 Å². The lowest BCUT2D eigenvalue weighted by Crippen LogP contribution is -2.08. The van der Waals surface area contributed by atoms with E-state index < -0.39 is 0 Å². The van der Waals surface area contributed by atoms with Gasteiger partial charge in [-0.3, -0.25) is 9.78 Å². The Bertz CT molecular complexity index is 395. The van der Waals surface area contributed by atoms with Crippen LogP contribution in [0, 0.1) is 5.92 Å². The minimum Gasteiger partial charge on any atom is -0.495 e. The Kier molecular flexibility index (Phi) is 4.73. The van der Waals surface area contributed by atoms with Gasteiger partial charge in [0.25, 0.3) is 0 Å². The molecule has 1 aromatic heterocycles. The highest BCUT2D eigenvalue weighted by Crippen LogP contribution is 2.27. The molecule has 1 aromatic rings. The molecule has 1 heterocycles. The Labute approximate surface area is 109 Å². The number of hydrogen-bond donors (Lipinski definition) is 0. The van der Waals surface area contributed by atoms with E-state index in [1.807, 2.05) is 0 Å². The van der Waals surface area contributed by atoms with Crippen molar-refractivity contribution in [2.75, 3.05) is 7.11 Å². The SMILES string of the molecule is COc1cncc(C(=O)CC2CCCCCC2)c1. The summed E-state index contributed by atoms with van der Waals surface area (Å²) in [4.78, 5) is 16.2. The number of aromatic nitrogens is 1. The van der Waals surface area contributed by atoms with Crippen LogP contribution in [0.1, 0.15) is 55.3 Å². The minimum absolute atomic E-state index is 0.202. The monoisotopic (exact) mass is 247 g/mol. The molecule has 98 valence electrons. The van der Waals surface area contributed by atoms with Crippen LogP contribution in [0.2, 0.25) is 0 Å². The summed E-state index contributed by atoms with van der Waals surface area (Å²) < 4.78 is 5.10. The van der Waals surface area contributed by atoms with E-state index in [0.717, 1.165) is 0 Å². The zero-order valence-corrected chi connectivity index (χ0v) is 11.0. The van der Waals surface area contributed by atoms with E-state index >= 15 is 0 Å². The number of ketones is 1. The fraction of sp³-hybridized carbons (Fsp3) is 0.600. The molecule has 0 aliphatic heterocycles. The average molecular weight is 247 g/mol. The second kappa shape index (κ2) is 6.53. The third-order valence-electron chi connectivity index (χ3n) is 3.72. The Morgan fingerprint density at radius 3 is 2.67 bits per heavy atom. The first-order valence-corrected chi connectivity index (χ1v) is 6.82. The third-order valence-corrected chi connectivity index (χ3v) is 3.72. The molecule has 1 aliphatic rings. The Hall–Kier alpha value is -1.38. The molecule has 1 saturated carbocycles. The van der Waals surface area contributed by atoms with Crippen LogP contribution >= 0.6 is 0 Å². The van der Waals surface area contributed by atoms with Crippen molar-refractivity contribution < 1.29 is 9.53 Å². The highest BCUT2D eigenvalue weighted by Gasteiger charge is 2.17. The van der Waals surface area contributed by atoms with E-state index in [-0.39, 0.29) is 5.78 Å². The van der Waals surface area contributed by atoms with Crippen molar-refractivity contribution in [1.29, 1.82) is 0 Å². The fourth-order valence-electron chi connectivity index (χ4n) is 2.63. The number of Topliss-reactive ketones (excluding diaryl/α,β-unsaturated/α-hetero) is 1. The normalized spacial score (nSPS) is 17.2. The van der Waals surface area contributed by atoms with E-state index in [1.165, 1.54) is 38.5 Å². The van der Waals surface area contributed by atoms with Crippen molar-refractivity contribution in [3.63, 3.8) is 0 Å². The topological polar surface area (TPSA) is 39.2 Å². The molecule has 0 bridgehead atoms. The molecule has 0 saturated heterocycles. The fourth-order valence-corrected chi connectivity index (χ4v) is 2.63. The smallest absolute Gasteiger partial charge is 0.164 e. The predicted molar refractivity (Wildman–Crippen MR) is 70.9 cm³/mol. The maximum absolute atomic E-state index is 12.2. The molecule has 1 fully saturated rings. The highest BCUT2D eigenvalue weighted by atomic mass is 16.5. The first-order chi connectivity index (χ1) is 8.79. The van der Waals surface area contributed by atoms with Gasteiger partial charge in [-0.25, -0.2) is 0 Å². The Balaban J connectivity index is 1.97. The summed E-state index contributed by atoms with van der Waals surface area (Å²) in [5.74, 6) is 1.42. The molecule has 2 rings (SSSR count). The van der Waals surface area contributed by atoms with Crippen molar-refractivity contribution in [1.82, 2.24) is 4.98 Å². The van der Waals surface area contributed by atoms with Crippen LogP contribution in [0.15, 0.2) is 18.5 Å². The predicted octanol–water partition coefficient (Wildman–Crippen LogP) is 3.63. The van der Waals surface area contributed by atoms with Gasteiger partial charge in [-0.2, -0.15) is 0 Å². The second-order valence-corrected chi connectivity index (χ2v) is 5.10. The van der Waals surface area contributed by atoms with Gasteiger partial charge in [0.05, 0.1) is 13.3 Å². The highest BCUT2D eigenvalue weighted by molar-refractivity contribution is 5.96.